The van der Waals surface area contributed by atoms with Gasteiger partial charge in [-0.25, -0.2) is 8.78 Å². The van der Waals surface area contributed by atoms with Gasteiger partial charge in [0.1, 0.15) is 23.5 Å². The zero-order valence-corrected chi connectivity index (χ0v) is 20.1. The van der Waals surface area contributed by atoms with E-state index in [4.69, 9.17) is 0 Å². The van der Waals surface area contributed by atoms with Gasteiger partial charge in [-0.05, 0) is 63.2 Å². The van der Waals surface area contributed by atoms with Gasteiger partial charge in [-0.15, -0.1) is 0 Å². The highest BCUT2D eigenvalue weighted by atomic mass is 19.1. The molecule has 1 aliphatic heterocycles. The van der Waals surface area contributed by atoms with Crippen LogP contribution in [0.15, 0.2) is 54.6 Å². The van der Waals surface area contributed by atoms with Gasteiger partial charge >= 0.3 is 0 Å². The average molecular weight is 498 g/mol. The largest absolute Gasteiger partial charge is 0.378 e. The van der Waals surface area contributed by atoms with Crippen molar-refractivity contribution in [2.75, 3.05) is 25.5 Å². The fraction of sp³-hybridized carbons (Fsp3) is 0.346. The number of piperidine rings is 1. The number of aromatic amines is 1. The molecule has 1 aromatic heterocycles. The number of likely N-dealkylation sites (tertiary alicyclic amines) is 1. The van der Waals surface area contributed by atoms with Gasteiger partial charge in [0.25, 0.3) is 5.91 Å². The maximum absolute atomic E-state index is 13.4. The third-order valence-electron chi connectivity index (χ3n) is 6.69. The Labute approximate surface area is 207 Å². The summed E-state index contributed by atoms with van der Waals surface area (Å²) in [6.07, 6.45) is -0.0903. The lowest BCUT2D eigenvalue weighted by Crippen LogP contribution is -2.43. The first-order valence-electron chi connectivity index (χ1n) is 11.7. The van der Waals surface area contributed by atoms with Crippen LogP contribution in [-0.4, -0.2) is 58.2 Å². The minimum Gasteiger partial charge on any atom is -0.378 e. The lowest BCUT2D eigenvalue weighted by atomic mass is 9.70. The van der Waals surface area contributed by atoms with Crippen LogP contribution >= 0.6 is 0 Å². The third-order valence-corrected chi connectivity index (χ3v) is 6.69. The first-order chi connectivity index (χ1) is 17.2. The molecule has 1 saturated heterocycles. The van der Waals surface area contributed by atoms with Crippen LogP contribution < -0.4 is 10.6 Å². The molecule has 1 aliphatic rings. The Morgan fingerprint density at radius 3 is 2.33 bits per heavy atom. The van der Waals surface area contributed by atoms with Crippen molar-refractivity contribution in [2.45, 2.75) is 37.3 Å². The number of amides is 2. The highest BCUT2D eigenvalue weighted by Gasteiger charge is 2.39. The Hall–Kier alpha value is -3.63. The zero-order chi connectivity index (χ0) is 25.9. The molecule has 2 amide bonds. The molecule has 8 nitrogen and oxygen atoms in total. The quantitative estimate of drug-likeness (QED) is 0.401. The van der Waals surface area contributed by atoms with Crippen LogP contribution in [0.4, 0.5) is 14.6 Å². The normalized spacial score (nSPS) is 17.2. The molecule has 4 rings (SSSR count). The van der Waals surface area contributed by atoms with E-state index in [2.05, 4.69) is 44.9 Å². The summed E-state index contributed by atoms with van der Waals surface area (Å²) < 4.78 is 26.8. The summed E-state index contributed by atoms with van der Waals surface area (Å²) in [5.74, 6) is -2.97. The number of rotatable bonds is 7. The number of H-pyrrole nitrogens is 1. The summed E-state index contributed by atoms with van der Waals surface area (Å²) in [5.41, 5.74) is 1.43. The van der Waals surface area contributed by atoms with Crippen LogP contribution in [0.5, 0.6) is 0 Å². The van der Waals surface area contributed by atoms with Gasteiger partial charge < -0.3 is 20.6 Å². The van der Waals surface area contributed by atoms with Crippen molar-refractivity contribution in [2.24, 2.45) is 0 Å². The second-order valence-electron chi connectivity index (χ2n) is 9.24. The second kappa shape index (κ2) is 10.5. The zero-order valence-electron chi connectivity index (χ0n) is 20.1. The molecular formula is C26H29F2N5O3. The van der Waals surface area contributed by atoms with E-state index in [1.807, 2.05) is 18.2 Å². The van der Waals surface area contributed by atoms with E-state index < -0.39 is 35.6 Å². The molecule has 2 aromatic carbocycles. The number of nitrogens with one attached hydrogen (secondary N) is 3. The van der Waals surface area contributed by atoms with E-state index in [1.54, 1.807) is 6.07 Å². The van der Waals surface area contributed by atoms with Crippen LogP contribution in [0, 0.1) is 11.6 Å². The number of aliphatic hydroxyl groups excluding tert-OH is 1. The Morgan fingerprint density at radius 1 is 1.06 bits per heavy atom. The summed E-state index contributed by atoms with van der Waals surface area (Å²) in [5, 5.41) is 22.6. The lowest BCUT2D eigenvalue weighted by molar-refractivity contribution is -0.132. The topological polar surface area (TPSA) is 110 Å². The molecule has 0 spiro atoms. The van der Waals surface area contributed by atoms with Gasteiger partial charge in [0.2, 0.25) is 5.91 Å². The smallest absolute Gasteiger partial charge is 0.254 e. The van der Waals surface area contributed by atoms with Crippen molar-refractivity contribution in [3.63, 3.8) is 0 Å². The molecule has 4 N–H and O–H groups in total. The van der Waals surface area contributed by atoms with Crippen molar-refractivity contribution in [3.8, 4) is 0 Å². The number of aromatic nitrogens is 2. The van der Waals surface area contributed by atoms with E-state index in [0.29, 0.717) is 11.9 Å². The molecule has 1 unspecified atom stereocenters. The van der Waals surface area contributed by atoms with Gasteiger partial charge in [0.15, 0.2) is 6.10 Å². The molecule has 0 radical (unpaired) electrons. The first kappa shape index (κ1) is 25.5. The predicted molar refractivity (Wildman–Crippen MR) is 130 cm³/mol. The number of hydrogen-bond acceptors (Lipinski definition) is 5. The van der Waals surface area contributed by atoms with E-state index in [9.17, 15) is 23.5 Å². The number of nitrogens with zero attached hydrogens (tertiary/aromatic N) is 2. The van der Waals surface area contributed by atoms with Gasteiger partial charge in [0, 0.05) is 17.5 Å². The number of carbonyl (C=O) groups is 2. The van der Waals surface area contributed by atoms with Crippen molar-refractivity contribution in [1.29, 1.82) is 0 Å². The minimum absolute atomic E-state index is 0.250. The summed E-state index contributed by atoms with van der Waals surface area (Å²) in [6, 6.07) is 13.3. The molecule has 1 fully saturated rings. The second-order valence-corrected chi connectivity index (χ2v) is 9.24. The Kier molecular flexibility index (Phi) is 7.46. The van der Waals surface area contributed by atoms with Gasteiger partial charge in [0.05, 0.1) is 5.69 Å². The van der Waals surface area contributed by atoms with Crippen molar-refractivity contribution in [1.82, 2.24) is 20.4 Å². The van der Waals surface area contributed by atoms with Crippen molar-refractivity contribution >= 4 is 17.6 Å². The number of carbonyl (C=O) groups excluding carboxylic acids is 2. The predicted octanol–water partition coefficient (Wildman–Crippen LogP) is 2.88. The van der Waals surface area contributed by atoms with Crippen LogP contribution in [0.25, 0.3) is 0 Å². The molecule has 36 heavy (non-hydrogen) atoms. The minimum atomic E-state index is -1.83. The highest BCUT2D eigenvalue weighted by Crippen LogP contribution is 2.41. The SMILES string of the molecule is C[C@H](NC(=O)C(O)c1cc(F)cc(F)c1)C(=O)Nc1cc(C2(c3ccccc3)CCN(C)CC2)n[nH]1. The standard InChI is InChI=1S/C26H29F2N5O3/c1-16(29-25(36)23(34)17-12-19(27)14-20(28)13-17)24(35)30-22-15-21(31-32-22)26(8-10-33(2)11-9-26)18-6-4-3-5-7-18/h3-7,12-16,23,34H,8-11H2,1-2H3,(H,29,36)(H2,30,31,32,35)/t16-,23?/m0/s1. The van der Waals surface area contributed by atoms with Gasteiger partial charge in [-0.3, -0.25) is 14.7 Å². The molecule has 190 valence electrons. The summed E-state index contributed by atoms with van der Waals surface area (Å²) in [4.78, 5) is 27.3. The molecule has 2 atom stereocenters. The number of benzene rings is 2. The van der Waals surface area contributed by atoms with Crippen LogP contribution in [0.3, 0.4) is 0 Å². The van der Waals surface area contributed by atoms with Gasteiger partial charge in [-0.2, -0.15) is 5.10 Å². The third kappa shape index (κ3) is 5.44. The number of hydrogen-bond donors (Lipinski definition) is 4. The molecule has 3 aromatic rings. The maximum Gasteiger partial charge on any atom is 0.254 e. The summed E-state index contributed by atoms with van der Waals surface area (Å²) in [7, 11) is 2.09. The molecule has 2 heterocycles. The molecular weight excluding hydrogens is 468 g/mol. The van der Waals surface area contributed by atoms with Crippen LogP contribution in [-0.2, 0) is 15.0 Å². The molecule has 0 saturated carbocycles. The monoisotopic (exact) mass is 497 g/mol. The summed E-state index contributed by atoms with van der Waals surface area (Å²) >= 11 is 0. The first-order valence-corrected chi connectivity index (χ1v) is 11.7. The summed E-state index contributed by atoms with van der Waals surface area (Å²) in [6.45, 7) is 3.25. The lowest BCUT2D eigenvalue weighted by Gasteiger charge is -2.40. The van der Waals surface area contributed by atoms with E-state index in [-0.39, 0.29) is 11.0 Å². The maximum atomic E-state index is 13.4. The van der Waals surface area contributed by atoms with E-state index >= 15 is 0 Å². The Bertz CT molecular complexity index is 1210. The Morgan fingerprint density at radius 2 is 1.69 bits per heavy atom. The van der Waals surface area contributed by atoms with Gasteiger partial charge in [-0.1, -0.05) is 30.3 Å². The van der Waals surface area contributed by atoms with Crippen LogP contribution in [0.2, 0.25) is 0 Å². The number of halogens is 2. The molecule has 0 bridgehead atoms. The van der Waals surface area contributed by atoms with Crippen LogP contribution in [0.1, 0.15) is 42.7 Å². The molecule has 0 aliphatic carbocycles. The van der Waals surface area contributed by atoms with E-state index in [1.165, 1.54) is 6.92 Å². The number of aliphatic hydroxyl groups is 1. The average Bonchev–Trinajstić information content (AvgIpc) is 3.33. The Balaban J connectivity index is 1.44. The highest BCUT2D eigenvalue weighted by molar-refractivity contribution is 5.97. The van der Waals surface area contributed by atoms with E-state index in [0.717, 1.165) is 49.3 Å². The van der Waals surface area contributed by atoms with Crippen molar-refractivity contribution < 1.29 is 23.5 Å². The van der Waals surface area contributed by atoms with Crippen molar-refractivity contribution in [3.05, 3.63) is 83.1 Å². The molecule has 10 heteroatoms. The number of anilines is 1. The fourth-order valence-electron chi connectivity index (χ4n) is 4.56. The fourth-order valence-corrected chi connectivity index (χ4v) is 4.56.